The van der Waals surface area contributed by atoms with Crippen LogP contribution in [-0.2, 0) is 0 Å². The summed E-state index contributed by atoms with van der Waals surface area (Å²) >= 11 is 2.11. The molecule has 4 rings (SSSR count). The Morgan fingerprint density at radius 2 is 1.89 bits per heavy atom. The molecular weight excluding hydrogens is 555 g/mol. The van der Waals surface area contributed by atoms with Gasteiger partial charge in [-0.25, -0.2) is 10.4 Å². The van der Waals surface area contributed by atoms with Crippen LogP contribution in [0.4, 0.5) is 0 Å². The van der Waals surface area contributed by atoms with Gasteiger partial charge in [-0.1, -0.05) is 48.5 Å². The number of nitrogens with zero attached hydrogens (tertiary/aromatic N) is 3. The Morgan fingerprint density at radius 3 is 2.66 bits per heavy atom. The van der Waals surface area contributed by atoms with E-state index in [1.807, 2.05) is 73.7 Å². The predicted octanol–water partition coefficient (Wildman–Crippen LogP) is 5.57. The van der Waals surface area contributed by atoms with Gasteiger partial charge in [0.05, 0.1) is 33.2 Å². The molecule has 0 aliphatic heterocycles. The first kappa shape index (κ1) is 24.2. The fourth-order valence-electron chi connectivity index (χ4n) is 3.52. The van der Waals surface area contributed by atoms with Crippen LogP contribution in [-0.4, -0.2) is 30.3 Å². The van der Waals surface area contributed by atoms with Gasteiger partial charge in [-0.3, -0.25) is 4.79 Å². The number of ether oxygens (including phenoxy) is 2. The summed E-state index contributed by atoms with van der Waals surface area (Å²) in [7, 11) is 0. The fourth-order valence-corrected chi connectivity index (χ4v) is 4.30. The van der Waals surface area contributed by atoms with E-state index in [-0.39, 0.29) is 12.5 Å². The molecular formula is C27H21IN4O3. The Balaban J connectivity index is 1.61. The van der Waals surface area contributed by atoms with Crippen molar-refractivity contribution >= 4 is 45.6 Å². The number of benzene rings is 3. The van der Waals surface area contributed by atoms with Crippen LogP contribution in [0.5, 0.6) is 11.5 Å². The van der Waals surface area contributed by atoms with Gasteiger partial charge < -0.3 is 9.47 Å². The van der Waals surface area contributed by atoms with Gasteiger partial charge in [0.2, 0.25) is 0 Å². The molecule has 0 bridgehead atoms. The molecule has 0 aliphatic carbocycles. The second kappa shape index (κ2) is 11.4. The average molecular weight is 576 g/mol. The Bertz CT molecular complexity index is 1430. The minimum absolute atomic E-state index is 0.0789. The van der Waals surface area contributed by atoms with Crippen molar-refractivity contribution < 1.29 is 14.3 Å². The molecule has 7 nitrogen and oxygen atoms in total. The highest BCUT2D eigenvalue weighted by atomic mass is 127. The number of rotatable bonds is 8. The molecule has 0 radical (unpaired) electrons. The second-order valence-corrected chi connectivity index (χ2v) is 8.51. The lowest BCUT2D eigenvalue weighted by molar-refractivity contribution is 0.0956. The molecule has 8 heteroatoms. The van der Waals surface area contributed by atoms with E-state index >= 15 is 0 Å². The standard InChI is InChI=1S/C27H21IN4O3/c1-2-34-25-15-18(14-22(28)26(25)35-13-12-29)17-30-32-27(33)21-16-24(19-8-4-3-5-9-19)31-23-11-7-6-10-20(21)23/h3-11,14-17H,2,13H2,1H3,(H,32,33)/b30-17+. The summed E-state index contributed by atoms with van der Waals surface area (Å²) in [5, 5.41) is 13.7. The molecule has 1 amide bonds. The van der Waals surface area contributed by atoms with Gasteiger partial charge in [0.25, 0.3) is 5.91 Å². The van der Waals surface area contributed by atoms with Crippen LogP contribution in [0.1, 0.15) is 22.8 Å². The number of hydrazone groups is 1. The van der Waals surface area contributed by atoms with Gasteiger partial charge in [-0.05, 0) is 59.3 Å². The molecule has 35 heavy (non-hydrogen) atoms. The maximum Gasteiger partial charge on any atom is 0.272 e. The van der Waals surface area contributed by atoms with Crippen molar-refractivity contribution in [2.75, 3.05) is 13.2 Å². The molecule has 0 fully saturated rings. The van der Waals surface area contributed by atoms with Crippen molar-refractivity contribution in [2.45, 2.75) is 6.92 Å². The van der Waals surface area contributed by atoms with Crippen LogP contribution in [0.25, 0.3) is 22.2 Å². The molecule has 0 saturated carbocycles. The summed E-state index contributed by atoms with van der Waals surface area (Å²) in [5.74, 6) is 0.674. The van der Waals surface area contributed by atoms with Gasteiger partial charge in [0.1, 0.15) is 6.07 Å². The number of carbonyl (C=O) groups excluding carboxylic acids is 1. The molecule has 0 atom stereocenters. The number of nitriles is 1. The lowest BCUT2D eigenvalue weighted by Crippen LogP contribution is -2.18. The first-order valence-corrected chi connectivity index (χ1v) is 11.9. The monoisotopic (exact) mass is 576 g/mol. The number of nitrogens with one attached hydrogen (secondary N) is 1. The number of aromatic nitrogens is 1. The molecule has 1 aromatic heterocycles. The smallest absolute Gasteiger partial charge is 0.272 e. The van der Waals surface area contributed by atoms with Gasteiger partial charge in [-0.15, -0.1) is 0 Å². The van der Waals surface area contributed by atoms with E-state index in [2.05, 4.69) is 33.1 Å². The highest BCUT2D eigenvalue weighted by molar-refractivity contribution is 14.1. The van der Waals surface area contributed by atoms with Crippen molar-refractivity contribution in [1.29, 1.82) is 5.26 Å². The molecule has 3 aromatic carbocycles. The van der Waals surface area contributed by atoms with E-state index < -0.39 is 0 Å². The van der Waals surface area contributed by atoms with Crippen LogP contribution in [0.3, 0.4) is 0 Å². The Kier molecular flexibility index (Phi) is 7.90. The van der Waals surface area contributed by atoms with E-state index in [4.69, 9.17) is 19.7 Å². The van der Waals surface area contributed by atoms with Crippen molar-refractivity contribution in [2.24, 2.45) is 5.10 Å². The topological polar surface area (TPSA) is 96.6 Å². The first-order valence-electron chi connectivity index (χ1n) is 10.9. The van der Waals surface area contributed by atoms with Crippen LogP contribution in [0, 0.1) is 14.9 Å². The quantitative estimate of drug-likeness (QED) is 0.168. The van der Waals surface area contributed by atoms with Crippen LogP contribution >= 0.6 is 22.6 Å². The Labute approximate surface area is 216 Å². The zero-order chi connectivity index (χ0) is 24.6. The van der Waals surface area contributed by atoms with E-state index in [1.165, 1.54) is 6.21 Å². The number of amides is 1. The normalized spacial score (nSPS) is 10.8. The van der Waals surface area contributed by atoms with Crippen LogP contribution in [0.15, 0.2) is 77.9 Å². The maximum atomic E-state index is 13.1. The van der Waals surface area contributed by atoms with Crippen molar-refractivity contribution in [3.05, 3.63) is 87.5 Å². The molecule has 0 unspecified atom stereocenters. The molecule has 4 aromatic rings. The molecule has 174 valence electrons. The van der Waals surface area contributed by atoms with Gasteiger partial charge in [-0.2, -0.15) is 10.4 Å². The van der Waals surface area contributed by atoms with E-state index in [0.29, 0.717) is 34.9 Å². The SMILES string of the molecule is CCOc1cc(/C=N/NC(=O)c2cc(-c3ccccc3)nc3ccccc23)cc(I)c1OCC#N. The number of para-hydroxylation sites is 1. The second-order valence-electron chi connectivity index (χ2n) is 7.35. The fraction of sp³-hybridized carbons (Fsp3) is 0.111. The number of fused-ring (bicyclic) bond motifs is 1. The third-order valence-electron chi connectivity index (χ3n) is 5.02. The minimum Gasteiger partial charge on any atom is -0.490 e. The average Bonchev–Trinajstić information content (AvgIpc) is 2.88. The third kappa shape index (κ3) is 5.75. The number of carbonyl (C=O) groups is 1. The lowest BCUT2D eigenvalue weighted by Gasteiger charge is -2.12. The zero-order valence-electron chi connectivity index (χ0n) is 18.9. The molecule has 1 heterocycles. The Hall–Kier alpha value is -3.97. The van der Waals surface area contributed by atoms with E-state index in [9.17, 15) is 4.79 Å². The molecule has 0 saturated heterocycles. The van der Waals surface area contributed by atoms with Gasteiger partial charge >= 0.3 is 0 Å². The summed E-state index contributed by atoms with van der Waals surface area (Å²) < 4.78 is 11.9. The molecule has 0 spiro atoms. The zero-order valence-corrected chi connectivity index (χ0v) is 21.0. The van der Waals surface area contributed by atoms with Crippen LogP contribution < -0.4 is 14.9 Å². The van der Waals surface area contributed by atoms with E-state index in [0.717, 1.165) is 20.0 Å². The predicted molar refractivity (Wildman–Crippen MR) is 144 cm³/mol. The van der Waals surface area contributed by atoms with Crippen molar-refractivity contribution in [1.82, 2.24) is 10.4 Å². The largest absolute Gasteiger partial charge is 0.490 e. The highest BCUT2D eigenvalue weighted by Gasteiger charge is 2.14. The summed E-state index contributed by atoms with van der Waals surface area (Å²) in [6.45, 7) is 2.23. The van der Waals surface area contributed by atoms with Gasteiger partial charge in [0, 0.05) is 10.9 Å². The summed E-state index contributed by atoms with van der Waals surface area (Å²) in [6.07, 6.45) is 1.54. The Morgan fingerprint density at radius 1 is 1.11 bits per heavy atom. The van der Waals surface area contributed by atoms with Crippen LogP contribution in [0.2, 0.25) is 0 Å². The van der Waals surface area contributed by atoms with E-state index in [1.54, 1.807) is 12.1 Å². The maximum absolute atomic E-state index is 13.1. The minimum atomic E-state index is -0.342. The number of hydrogen-bond acceptors (Lipinski definition) is 6. The lowest BCUT2D eigenvalue weighted by atomic mass is 10.0. The number of hydrogen-bond donors (Lipinski definition) is 1. The highest BCUT2D eigenvalue weighted by Crippen LogP contribution is 2.34. The number of pyridine rings is 1. The summed E-state index contributed by atoms with van der Waals surface area (Å²) in [5.41, 5.74) is 6.18. The molecule has 0 aliphatic rings. The first-order chi connectivity index (χ1) is 17.1. The van der Waals surface area contributed by atoms with Crippen molar-refractivity contribution in [3.63, 3.8) is 0 Å². The van der Waals surface area contributed by atoms with Gasteiger partial charge in [0.15, 0.2) is 18.1 Å². The number of halogens is 1. The summed E-state index contributed by atoms with van der Waals surface area (Å²) in [4.78, 5) is 17.8. The third-order valence-corrected chi connectivity index (χ3v) is 5.82. The molecule has 1 N–H and O–H groups in total. The van der Waals surface area contributed by atoms with Crippen molar-refractivity contribution in [3.8, 4) is 28.8 Å². The summed E-state index contributed by atoms with van der Waals surface area (Å²) in [6, 6.07) is 24.6.